The Labute approximate surface area is 75.6 Å². The van der Waals surface area contributed by atoms with E-state index in [4.69, 9.17) is 0 Å². The molecule has 0 bridgehead atoms. The van der Waals surface area contributed by atoms with E-state index in [1.165, 1.54) is 0 Å². The van der Waals surface area contributed by atoms with Crippen molar-refractivity contribution >= 4 is 17.0 Å². The molecule has 0 fully saturated rings. The molecular weight excluding hydrogens is 166 g/mol. The van der Waals surface area contributed by atoms with Gasteiger partial charge in [-0.15, -0.1) is 0 Å². The summed E-state index contributed by atoms with van der Waals surface area (Å²) in [5.74, 6) is 1.61. The van der Waals surface area contributed by atoms with Gasteiger partial charge in [-0.2, -0.15) is 0 Å². The molecule has 0 spiro atoms. The van der Waals surface area contributed by atoms with Gasteiger partial charge in [-0.1, -0.05) is 6.92 Å². The molecule has 0 atom stereocenters. The molecule has 68 valence electrons. The minimum Gasteiger partial charge on any atom is -0.371 e. The summed E-state index contributed by atoms with van der Waals surface area (Å²) in [5.41, 5.74) is 1.58. The largest absolute Gasteiger partial charge is 0.371 e. The van der Waals surface area contributed by atoms with Crippen LogP contribution >= 0.6 is 0 Å². The van der Waals surface area contributed by atoms with Crippen LogP contribution in [-0.2, 0) is 6.42 Å². The first-order valence-corrected chi connectivity index (χ1v) is 4.23. The number of aromatic nitrogens is 4. The third kappa shape index (κ3) is 1.22. The summed E-state index contributed by atoms with van der Waals surface area (Å²) in [7, 11) is 1.84. The maximum absolute atomic E-state index is 4.32. The molecule has 2 rings (SSSR count). The molecule has 13 heavy (non-hydrogen) atoms. The monoisotopic (exact) mass is 177 g/mol. The summed E-state index contributed by atoms with van der Waals surface area (Å²) < 4.78 is 0. The second-order valence-electron chi connectivity index (χ2n) is 2.69. The van der Waals surface area contributed by atoms with Gasteiger partial charge in [0.2, 0.25) is 0 Å². The highest BCUT2D eigenvalue weighted by Gasteiger charge is 2.06. The Hall–Kier alpha value is -1.65. The third-order valence-electron chi connectivity index (χ3n) is 1.88. The predicted molar refractivity (Wildman–Crippen MR) is 50.6 cm³/mol. The van der Waals surface area contributed by atoms with Crippen molar-refractivity contribution in [3.05, 3.63) is 12.2 Å². The lowest BCUT2D eigenvalue weighted by molar-refractivity contribution is 0.957. The van der Waals surface area contributed by atoms with Crippen LogP contribution in [0.15, 0.2) is 6.33 Å². The second-order valence-corrected chi connectivity index (χ2v) is 2.69. The number of anilines is 1. The Balaban J connectivity index is 2.70. The van der Waals surface area contributed by atoms with E-state index in [9.17, 15) is 0 Å². The van der Waals surface area contributed by atoms with Crippen molar-refractivity contribution < 1.29 is 0 Å². The van der Waals surface area contributed by atoms with E-state index >= 15 is 0 Å². The van der Waals surface area contributed by atoms with Crippen LogP contribution in [0.1, 0.15) is 12.7 Å². The van der Waals surface area contributed by atoms with Gasteiger partial charge in [0.25, 0.3) is 0 Å². The number of hydrogen-bond acceptors (Lipinski definition) is 4. The summed E-state index contributed by atoms with van der Waals surface area (Å²) in [4.78, 5) is 15.7. The van der Waals surface area contributed by atoms with Crippen LogP contribution in [0.2, 0.25) is 0 Å². The summed E-state index contributed by atoms with van der Waals surface area (Å²) in [6.45, 7) is 2.02. The fourth-order valence-electron chi connectivity index (χ4n) is 1.22. The Morgan fingerprint density at radius 2 is 2.31 bits per heavy atom. The molecule has 5 heteroatoms. The molecule has 0 radical (unpaired) electrons. The maximum Gasteiger partial charge on any atom is 0.183 e. The van der Waals surface area contributed by atoms with E-state index in [1.54, 1.807) is 6.33 Å². The van der Waals surface area contributed by atoms with Gasteiger partial charge in [0, 0.05) is 13.5 Å². The molecule has 0 aromatic carbocycles. The zero-order valence-electron chi connectivity index (χ0n) is 7.63. The first-order valence-electron chi connectivity index (χ1n) is 4.23. The first kappa shape index (κ1) is 7.97. The van der Waals surface area contributed by atoms with Crippen molar-refractivity contribution in [2.24, 2.45) is 0 Å². The molecule has 2 N–H and O–H groups in total. The van der Waals surface area contributed by atoms with Crippen LogP contribution in [0, 0.1) is 0 Å². The van der Waals surface area contributed by atoms with Gasteiger partial charge in [-0.05, 0) is 0 Å². The number of aryl methyl sites for hydroxylation is 1. The Morgan fingerprint density at radius 3 is 3.00 bits per heavy atom. The smallest absolute Gasteiger partial charge is 0.183 e. The highest BCUT2D eigenvalue weighted by Crippen LogP contribution is 2.15. The molecule has 0 unspecified atom stereocenters. The molecule has 0 saturated heterocycles. The summed E-state index contributed by atoms with van der Waals surface area (Å²) >= 11 is 0. The molecule has 2 aromatic rings. The molecule has 2 aromatic heterocycles. The van der Waals surface area contributed by atoms with E-state index in [-0.39, 0.29) is 0 Å². The molecule has 2 heterocycles. The van der Waals surface area contributed by atoms with Gasteiger partial charge >= 0.3 is 0 Å². The van der Waals surface area contributed by atoms with Gasteiger partial charge in [0.1, 0.15) is 11.3 Å². The van der Waals surface area contributed by atoms with Crippen molar-refractivity contribution in [3.63, 3.8) is 0 Å². The zero-order valence-corrected chi connectivity index (χ0v) is 7.63. The van der Waals surface area contributed by atoms with Gasteiger partial charge in [0.15, 0.2) is 11.5 Å². The quantitative estimate of drug-likeness (QED) is 0.717. The average molecular weight is 177 g/mol. The van der Waals surface area contributed by atoms with Crippen LogP contribution in [0.25, 0.3) is 11.2 Å². The molecular formula is C8H11N5. The van der Waals surface area contributed by atoms with Gasteiger partial charge < -0.3 is 10.3 Å². The number of hydrogen-bond donors (Lipinski definition) is 2. The highest BCUT2D eigenvalue weighted by atomic mass is 15.1. The minimum absolute atomic E-state index is 0.719. The Bertz CT molecular complexity index is 419. The zero-order chi connectivity index (χ0) is 9.26. The molecule has 0 aliphatic rings. The maximum atomic E-state index is 4.32. The fourth-order valence-corrected chi connectivity index (χ4v) is 1.22. The van der Waals surface area contributed by atoms with E-state index < -0.39 is 0 Å². The van der Waals surface area contributed by atoms with Crippen LogP contribution in [-0.4, -0.2) is 27.0 Å². The first-order chi connectivity index (χ1) is 6.35. The molecule has 0 aliphatic heterocycles. The van der Waals surface area contributed by atoms with Gasteiger partial charge in [0.05, 0.1) is 6.33 Å². The Morgan fingerprint density at radius 1 is 1.46 bits per heavy atom. The fraction of sp³-hybridized carbons (Fsp3) is 0.375. The number of rotatable bonds is 2. The average Bonchev–Trinajstić information content (AvgIpc) is 2.63. The normalized spacial score (nSPS) is 10.6. The van der Waals surface area contributed by atoms with Gasteiger partial charge in [-0.3, -0.25) is 0 Å². The van der Waals surface area contributed by atoms with Crippen LogP contribution in [0.4, 0.5) is 5.82 Å². The number of aromatic amines is 1. The summed E-state index contributed by atoms with van der Waals surface area (Å²) in [6, 6.07) is 0. The minimum atomic E-state index is 0.719. The molecule has 5 nitrogen and oxygen atoms in total. The van der Waals surface area contributed by atoms with Crippen molar-refractivity contribution in [2.45, 2.75) is 13.3 Å². The lowest BCUT2D eigenvalue weighted by atomic mass is 10.4. The standard InChI is InChI=1S/C8H11N5/c1-3-5-12-7(9-2)6-8(13-5)11-4-10-6/h4H,3H2,1-2H3,(H2,9,10,11,12,13). The SMILES string of the molecule is CCc1nc(NC)c2[nH]cnc2n1. The number of H-pyrrole nitrogens is 1. The summed E-state index contributed by atoms with van der Waals surface area (Å²) in [6.07, 6.45) is 2.44. The predicted octanol–water partition coefficient (Wildman–Crippen LogP) is 0.957. The van der Waals surface area contributed by atoms with E-state index in [0.717, 1.165) is 29.2 Å². The van der Waals surface area contributed by atoms with Crippen molar-refractivity contribution in [1.82, 2.24) is 19.9 Å². The topological polar surface area (TPSA) is 66.5 Å². The van der Waals surface area contributed by atoms with Crippen molar-refractivity contribution in [1.29, 1.82) is 0 Å². The molecule has 0 saturated carbocycles. The van der Waals surface area contributed by atoms with E-state index in [2.05, 4.69) is 25.3 Å². The molecule has 0 aliphatic carbocycles. The lowest BCUT2D eigenvalue weighted by Gasteiger charge is -2.01. The number of imidazole rings is 1. The van der Waals surface area contributed by atoms with Gasteiger partial charge in [-0.25, -0.2) is 15.0 Å². The van der Waals surface area contributed by atoms with E-state index in [0.29, 0.717) is 0 Å². The van der Waals surface area contributed by atoms with Crippen LogP contribution in [0.5, 0.6) is 0 Å². The Kier molecular flexibility index (Phi) is 1.84. The number of nitrogens with zero attached hydrogens (tertiary/aromatic N) is 3. The lowest BCUT2D eigenvalue weighted by Crippen LogP contribution is -2.00. The van der Waals surface area contributed by atoms with Crippen LogP contribution in [0.3, 0.4) is 0 Å². The van der Waals surface area contributed by atoms with Crippen LogP contribution < -0.4 is 5.32 Å². The molecule has 0 amide bonds. The highest BCUT2D eigenvalue weighted by molar-refractivity contribution is 5.82. The summed E-state index contributed by atoms with van der Waals surface area (Å²) in [5, 5.41) is 3.01. The van der Waals surface area contributed by atoms with Crippen molar-refractivity contribution in [3.8, 4) is 0 Å². The number of nitrogens with one attached hydrogen (secondary N) is 2. The van der Waals surface area contributed by atoms with Crippen molar-refractivity contribution in [2.75, 3.05) is 12.4 Å². The third-order valence-corrected chi connectivity index (χ3v) is 1.88. The van der Waals surface area contributed by atoms with E-state index in [1.807, 2.05) is 14.0 Å². The second kappa shape index (κ2) is 3.01. The number of fused-ring (bicyclic) bond motifs is 1.